The van der Waals surface area contributed by atoms with E-state index in [1.54, 1.807) is 41.8 Å². The third-order valence-corrected chi connectivity index (χ3v) is 5.84. The van der Waals surface area contributed by atoms with E-state index in [0.29, 0.717) is 5.95 Å². The normalized spacial score (nSPS) is 11.4. The van der Waals surface area contributed by atoms with Gasteiger partial charge >= 0.3 is 0 Å². The zero-order valence-electron chi connectivity index (χ0n) is 13.2. The molecule has 0 unspecified atom stereocenters. The molecule has 0 fully saturated rings. The summed E-state index contributed by atoms with van der Waals surface area (Å²) in [5, 5.41) is 2.00. The van der Waals surface area contributed by atoms with Crippen molar-refractivity contribution in [2.75, 3.05) is 19.0 Å². The number of rotatable bonds is 5. The fourth-order valence-electron chi connectivity index (χ4n) is 2.15. The third-order valence-electron chi connectivity index (χ3n) is 3.52. The first kappa shape index (κ1) is 16.6. The Morgan fingerprint density at radius 1 is 1.12 bits per heavy atom. The van der Waals surface area contributed by atoms with Gasteiger partial charge in [-0.2, -0.15) is 0 Å². The van der Waals surface area contributed by atoms with Crippen molar-refractivity contribution in [2.24, 2.45) is 0 Å². The van der Waals surface area contributed by atoms with Crippen LogP contribution in [0, 0.1) is 0 Å². The molecule has 3 rings (SSSR count). The highest BCUT2D eigenvalue weighted by molar-refractivity contribution is 7.89. The summed E-state index contributed by atoms with van der Waals surface area (Å²) in [6, 6.07) is 12.4. The van der Waals surface area contributed by atoms with E-state index in [4.69, 9.17) is 0 Å². The lowest BCUT2D eigenvalue weighted by atomic mass is 10.3. The van der Waals surface area contributed by atoms with E-state index >= 15 is 0 Å². The lowest BCUT2D eigenvalue weighted by Gasteiger charge is -2.17. The van der Waals surface area contributed by atoms with Crippen LogP contribution >= 0.6 is 11.3 Å². The molecule has 0 bridgehead atoms. The first-order valence-corrected chi connectivity index (χ1v) is 9.52. The van der Waals surface area contributed by atoms with Crippen LogP contribution in [0.1, 0.15) is 0 Å². The minimum atomic E-state index is -3.44. The number of benzene rings is 1. The number of hydrogen-bond donors (Lipinski definition) is 1. The Labute approximate surface area is 144 Å². The Kier molecular flexibility index (Phi) is 4.61. The van der Waals surface area contributed by atoms with Crippen molar-refractivity contribution in [1.29, 1.82) is 0 Å². The van der Waals surface area contributed by atoms with Crippen molar-refractivity contribution in [3.05, 3.63) is 54.0 Å². The van der Waals surface area contributed by atoms with Crippen molar-refractivity contribution >= 4 is 33.0 Å². The molecule has 0 saturated heterocycles. The Morgan fingerprint density at radius 3 is 2.50 bits per heavy atom. The summed E-state index contributed by atoms with van der Waals surface area (Å²) in [5.41, 5.74) is 1.66. The average Bonchev–Trinajstić information content (AvgIpc) is 3.16. The van der Waals surface area contributed by atoms with Crippen molar-refractivity contribution in [3.8, 4) is 10.6 Å². The molecule has 0 spiro atoms. The minimum absolute atomic E-state index is 0.218. The van der Waals surface area contributed by atoms with Gasteiger partial charge in [0.15, 0.2) is 0 Å². The smallest absolute Gasteiger partial charge is 0.240 e. The second-order valence-corrected chi connectivity index (χ2v) is 7.81. The van der Waals surface area contributed by atoms with E-state index in [0.717, 1.165) is 16.3 Å². The van der Waals surface area contributed by atoms with E-state index < -0.39 is 10.0 Å². The van der Waals surface area contributed by atoms with Crippen LogP contribution in [0.15, 0.2) is 58.9 Å². The SMILES string of the molecule is CNS(=O)(=O)c1ccc(N(C)c2nccc(-c3cccs3)n2)cc1. The van der Waals surface area contributed by atoms with Crippen LogP contribution < -0.4 is 9.62 Å². The molecule has 0 aliphatic rings. The number of thiophene rings is 1. The lowest BCUT2D eigenvalue weighted by molar-refractivity contribution is 0.588. The largest absolute Gasteiger partial charge is 0.314 e. The number of anilines is 2. The highest BCUT2D eigenvalue weighted by Gasteiger charge is 2.13. The fourth-order valence-corrected chi connectivity index (χ4v) is 3.58. The predicted molar refractivity (Wildman–Crippen MR) is 96.1 cm³/mol. The van der Waals surface area contributed by atoms with E-state index in [2.05, 4.69) is 14.7 Å². The Morgan fingerprint density at radius 2 is 1.88 bits per heavy atom. The molecular weight excluding hydrogens is 344 g/mol. The monoisotopic (exact) mass is 360 g/mol. The van der Waals surface area contributed by atoms with Crippen LogP contribution in [-0.4, -0.2) is 32.5 Å². The van der Waals surface area contributed by atoms with Crippen molar-refractivity contribution < 1.29 is 8.42 Å². The highest BCUT2D eigenvalue weighted by Crippen LogP contribution is 2.26. The van der Waals surface area contributed by atoms with Crippen LogP contribution in [0.4, 0.5) is 11.6 Å². The van der Waals surface area contributed by atoms with Crippen LogP contribution in [0.3, 0.4) is 0 Å². The van der Waals surface area contributed by atoms with Gasteiger partial charge in [0.1, 0.15) is 0 Å². The Balaban J connectivity index is 1.89. The second-order valence-electron chi connectivity index (χ2n) is 4.98. The maximum Gasteiger partial charge on any atom is 0.240 e. The van der Waals surface area contributed by atoms with Gasteiger partial charge in [-0.15, -0.1) is 11.3 Å². The van der Waals surface area contributed by atoms with Gasteiger partial charge in [0.05, 0.1) is 15.5 Å². The molecule has 2 aromatic heterocycles. The van der Waals surface area contributed by atoms with Gasteiger partial charge < -0.3 is 4.90 Å². The molecule has 0 atom stereocenters. The van der Waals surface area contributed by atoms with Crippen LogP contribution in [-0.2, 0) is 10.0 Å². The Bertz CT molecular complexity index is 923. The summed E-state index contributed by atoms with van der Waals surface area (Å²) in [5.74, 6) is 0.546. The van der Waals surface area contributed by atoms with Crippen LogP contribution in [0.2, 0.25) is 0 Å². The zero-order chi connectivity index (χ0) is 17.2. The van der Waals surface area contributed by atoms with E-state index in [9.17, 15) is 8.42 Å². The quantitative estimate of drug-likeness (QED) is 0.757. The van der Waals surface area contributed by atoms with Gasteiger partial charge in [-0.3, -0.25) is 0 Å². The molecule has 8 heteroatoms. The van der Waals surface area contributed by atoms with E-state index in [1.807, 2.05) is 35.5 Å². The maximum absolute atomic E-state index is 11.8. The topological polar surface area (TPSA) is 75.2 Å². The van der Waals surface area contributed by atoms with Crippen molar-refractivity contribution in [1.82, 2.24) is 14.7 Å². The van der Waals surface area contributed by atoms with E-state index in [1.165, 1.54) is 7.05 Å². The number of nitrogens with one attached hydrogen (secondary N) is 1. The maximum atomic E-state index is 11.8. The van der Waals surface area contributed by atoms with Gasteiger partial charge in [-0.05, 0) is 48.8 Å². The summed E-state index contributed by atoms with van der Waals surface area (Å²) in [4.78, 5) is 12.0. The summed E-state index contributed by atoms with van der Waals surface area (Å²) >= 11 is 1.62. The van der Waals surface area contributed by atoms with Gasteiger partial charge in [-0.1, -0.05) is 6.07 Å². The summed E-state index contributed by atoms with van der Waals surface area (Å²) < 4.78 is 25.9. The number of sulfonamides is 1. The summed E-state index contributed by atoms with van der Waals surface area (Å²) in [7, 11) is -0.209. The van der Waals surface area contributed by atoms with Gasteiger partial charge in [-0.25, -0.2) is 23.1 Å². The molecule has 0 radical (unpaired) electrons. The molecule has 24 heavy (non-hydrogen) atoms. The molecule has 3 aromatic rings. The molecular formula is C16H16N4O2S2. The second kappa shape index (κ2) is 6.68. The Hall–Kier alpha value is -2.29. The van der Waals surface area contributed by atoms with Gasteiger partial charge in [0.2, 0.25) is 16.0 Å². The standard InChI is InChI=1S/C16H16N4O2S2/c1-17-24(21,22)13-7-5-12(6-8-13)20(2)16-18-10-9-14(19-16)15-4-3-11-23-15/h3-11,17H,1-2H3. The predicted octanol–water partition coefficient (Wildman–Crippen LogP) is 2.88. The molecule has 0 aliphatic heterocycles. The van der Waals surface area contributed by atoms with Gasteiger partial charge in [0.25, 0.3) is 0 Å². The minimum Gasteiger partial charge on any atom is -0.314 e. The highest BCUT2D eigenvalue weighted by atomic mass is 32.2. The van der Waals surface area contributed by atoms with Gasteiger partial charge in [0, 0.05) is 18.9 Å². The molecule has 0 aliphatic carbocycles. The van der Waals surface area contributed by atoms with Crippen molar-refractivity contribution in [3.63, 3.8) is 0 Å². The van der Waals surface area contributed by atoms with Crippen LogP contribution in [0.5, 0.6) is 0 Å². The fraction of sp³-hybridized carbons (Fsp3) is 0.125. The first-order valence-electron chi connectivity index (χ1n) is 7.15. The molecule has 1 N–H and O–H groups in total. The molecule has 2 heterocycles. The third kappa shape index (κ3) is 3.30. The number of aromatic nitrogens is 2. The molecule has 6 nitrogen and oxygen atoms in total. The molecule has 124 valence electrons. The lowest BCUT2D eigenvalue weighted by Crippen LogP contribution is -2.19. The number of nitrogens with zero attached hydrogens (tertiary/aromatic N) is 3. The van der Waals surface area contributed by atoms with Crippen LogP contribution in [0.25, 0.3) is 10.6 Å². The van der Waals surface area contributed by atoms with Crippen molar-refractivity contribution in [2.45, 2.75) is 4.90 Å². The average molecular weight is 360 g/mol. The molecule has 1 aromatic carbocycles. The first-order chi connectivity index (χ1) is 11.5. The molecule has 0 saturated carbocycles. The molecule has 0 amide bonds. The number of hydrogen-bond acceptors (Lipinski definition) is 6. The summed E-state index contributed by atoms with van der Waals surface area (Å²) in [6.07, 6.45) is 1.72. The zero-order valence-corrected chi connectivity index (χ0v) is 14.8. The van der Waals surface area contributed by atoms with E-state index in [-0.39, 0.29) is 4.90 Å². The summed E-state index contributed by atoms with van der Waals surface area (Å²) in [6.45, 7) is 0.